The molecule has 0 saturated heterocycles. The van der Waals surface area contributed by atoms with Gasteiger partial charge in [-0.15, -0.1) is 0 Å². The lowest BCUT2D eigenvalue weighted by atomic mass is 10.0. The number of ether oxygens (including phenoxy) is 2. The number of carbonyl (C=O) groups excluding carboxylic acids is 2. The van der Waals surface area contributed by atoms with Crippen LogP contribution in [0.3, 0.4) is 0 Å². The number of aliphatic hydroxyl groups is 1. The molecule has 5 nitrogen and oxygen atoms in total. The van der Waals surface area contributed by atoms with Crippen molar-refractivity contribution in [2.45, 2.75) is 380 Å². The Kier molecular flexibility index (Phi) is 74.3. The van der Waals surface area contributed by atoms with E-state index >= 15 is 0 Å². The van der Waals surface area contributed by atoms with Crippen LogP contribution >= 0.6 is 0 Å². The van der Waals surface area contributed by atoms with Crippen molar-refractivity contribution in [1.29, 1.82) is 0 Å². The number of allylic oxidation sites excluding steroid dienone is 20. The zero-order valence-corrected chi connectivity index (χ0v) is 58.2. The van der Waals surface area contributed by atoms with Crippen molar-refractivity contribution in [2.75, 3.05) is 13.2 Å². The summed E-state index contributed by atoms with van der Waals surface area (Å²) in [5.41, 5.74) is 0. The molecule has 0 amide bonds. The normalized spacial score (nSPS) is 12.9. The van der Waals surface area contributed by atoms with Crippen LogP contribution in [-0.2, 0) is 19.1 Å². The first kappa shape index (κ1) is 84.3. The van der Waals surface area contributed by atoms with Gasteiger partial charge in [0.1, 0.15) is 6.61 Å². The molecule has 1 N–H and O–H groups in total. The van der Waals surface area contributed by atoms with E-state index in [1.807, 2.05) is 0 Å². The van der Waals surface area contributed by atoms with Gasteiger partial charge in [-0.05, 0) is 103 Å². The minimum absolute atomic E-state index is 0.0648. The standard InChI is InChI=1S/C83H144O5/c1-3-5-7-9-11-13-15-17-19-21-23-25-27-29-31-33-35-37-39-40-41-42-44-45-47-49-51-53-55-57-59-61-63-65-67-69-71-73-75-77-82(85)87-80-81(79-84)88-83(86)78-76-74-72-70-68-66-64-62-60-58-56-54-52-50-48-46-43-38-36-34-32-30-28-26-24-22-20-18-16-14-12-10-8-6-4-2/h5-8,11-14,17-20,23-26,30,32,36,38,81,84H,3-4,9-10,15-16,21-22,27-29,31,33-35,37,39-80H2,1-2H3/b7-5-,8-6-,13-11-,14-12-,19-17-,20-18-,25-23-,26-24-,32-30-,38-36-. The largest absolute Gasteiger partial charge is 0.462 e. The molecule has 0 rings (SSSR count). The Morgan fingerprint density at radius 3 is 0.682 bits per heavy atom. The molecule has 0 aromatic carbocycles. The first-order valence-corrected chi connectivity index (χ1v) is 38.1. The summed E-state index contributed by atoms with van der Waals surface area (Å²) in [6.07, 6.45) is 114. The summed E-state index contributed by atoms with van der Waals surface area (Å²) in [6, 6.07) is 0. The summed E-state index contributed by atoms with van der Waals surface area (Å²) in [7, 11) is 0. The van der Waals surface area contributed by atoms with Gasteiger partial charge in [0.25, 0.3) is 0 Å². The second kappa shape index (κ2) is 77.5. The van der Waals surface area contributed by atoms with Crippen LogP contribution in [-0.4, -0.2) is 36.4 Å². The Hall–Kier alpha value is -3.70. The van der Waals surface area contributed by atoms with Crippen LogP contribution in [0.1, 0.15) is 373 Å². The molecule has 5 heteroatoms. The molecule has 0 fully saturated rings. The van der Waals surface area contributed by atoms with Gasteiger partial charge in [-0.1, -0.05) is 379 Å². The van der Waals surface area contributed by atoms with Gasteiger partial charge < -0.3 is 14.6 Å². The molecular weight excluding hydrogens is 1080 g/mol. The molecule has 0 aromatic heterocycles. The van der Waals surface area contributed by atoms with E-state index in [-0.39, 0.29) is 25.2 Å². The topological polar surface area (TPSA) is 72.8 Å². The molecule has 506 valence electrons. The molecule has 0 aliphatic heterocycles. The summed E-state index contributed by atoms with van der Waals surface area (Å²) in [4.78, 5) is 24.7. The van der Waals surface area contributed by atoms with Gasteiger partial charge in [0, 0.05) is 12.8 Å². The van der Waals surface area contributed by atoms with Crippen molar-refractivity contribution >= 4 is 11.9 Å². The van der Waals surface area contributed by atoms with Gasteiger partial charge >= 0.3 is 11.9 Å². The number of carbonyl (C=O) groups is 2. The molecule has 0 radical (unpaired) electrons. The fraction of sp³-hybridized carbons (Fsp3) is 0.735. The van der Waals surface area contributed by atoms with Crippen LogP contribution in [0.2, 0.25) is 0 Å². The lowest BCUT2D eigenvalue weighted by Gasteiger charge is -2.15. The highest BCUT2D eigenvalue weighted by Gasteiger charge is 2.16. The third-order valence-electron chi connectivity index (χ3n) is 16.8. The minimum atomic E-state index is -0.777. The van der Waals surface area contributed by atoms with E-state index < -0.39 is 6.10 Å². The summed E-state index contributed by atoms with van der Waals surface area (Å²) in [5.74, 6) is -0.575. The predicted molar refractivity (Wildman–Crippen MR) is 389 cm³/mol. The third-order valence-corrected chi connectivity index (χ3v) is 16.8. The van der Waals surface area contributed by atoms with Crippen LogP contribution in [0.4, 0.5) is 0 Å². The number of unbranched alkanes of at least 4 members (excludes halogenated alkanes) is 42. The van der Waals surface area contributed by atoms with Gasteiger partial charge in [-0.2, -0.15) is 0 Å². The van der Waals surface area contributed by atoms with Crippen LogP contribution in [0.15, 0.2) is 122 Å². The summed E-state index contributed by atoms with van der Waals surface area (Å²) in [5, 5.41) is 9.72. The molecule has 0 heterocycles. The van der Waals surface area contributed by atoms with E-state index in [1.54, 1.807) is 0 Å². The fourth-order valence-corrected chi connectivity index (χ4v) is 11.1. The van der Waals surface area contributed by atoms with Crippen molar-refractivity contribution in [3.8, 4) is 0 Å². The highest BCUT2D eigenvalue weighted by atomic mass is 16.6. The van der Waals surface area contributed by atoms with Crippen molar-refractivity contribution in [3.63, 3.8) is 0 Å². The molecule has 88 heavy (non-hydrogen) atoms. The number of aliphatic hydroxyl groups excluding tert-OH is 1. The van der Waals surface area contributed by atoms with Crippen LogP contribution in [0, 0.1) is 0 Å². The van der Waals surface area contributed by atoms with Crippen molar-refractivity contribution in [2.24, 2.45) is 0 Å². The Morgan fingerprint density at radius 1 is 0.261 bits per heavy atom. The van der Waals surface area contributed by atoms with E-state index in [2.05, 4.69) is 135 Å². The van der Waals surface area contributed by atoms with Crippen molar-refractivity contribution in [1.82, 2.24) is 0 Å². The fourth-order valence-electron chi connectivity index (χ4n) is 11.1. The first-order chi connectivity index (χ1) is 43.6. The van der Waals surface area contributed by atoms with Crippen LogP contribution in [0.5, 0.6) is 0 Å². The van der Waals surface area contributed by atoms with Gasteiger partial charge in [0.05, 0.1) is 6.61 Å². The second-order valence-electron chi connectivity index (χ2n) is 25.3. The average molecular weight is 1220 g/mol. The number of hydrogen-bond acceptors (Lipinski definition) is 5. The number of rotatable bonds is 70. The minimum Gasteiger partial charge on any atom is -0.462 e. The lowest BCUT2D eigenvalue weighted by Crippen LogP contribution is -2.28. The quantitative estimate of drug-likeness (QED) is 0.0373. The van der Waals surface area contributed by atoms with Gasteiger partial charge in [0.2, 0.25) is 0 Å². The summed E-state index contributed by atoms with van der Waals surface area (Å²) < 4.78 is 10.8. The molecule has 0 bridgehead atoms. The zero-order valence-electron chi connectivity index (χ0n) is 58.2. The molecule has 0 aromatic rings. The Labute approximate surface area is 547 Å². The van der Waals surface area contributed by atoms with E-state index in [0.29, 0.717) is 12.8 Å². The van der Waals surface area contributed by atoms with E-state index in [1.165, 1.54) is 244 Å². The number of esters is 2. The molecule has 1 atom stereocenters. The van der Waals surface area contributed by atoms with E-state index in [4.69, 9.17) is 9.47 Å². The second-order valence-corrected chi connectivity index (χ2v) is 25.3. The maximum Gasteiger partial charge on any atom is 0.306 e. The predicted octanol–water partition coefficient (Wildman–Crippen LogP) is 26.9. The highest BCUT2D eigenvalue weighted by molar-refractivity contribution is 5.70. The Morgan fingerprint density at radius 2 is 0.455 bits per heavy atom. The van der Waals surface area contributed by atoms with E-state index in [0.717, 1.165) is 103 Å². The molecule has 0 aliphatic carbocycles. The molecule has 0 aliphatic rings. The van der Waals surface area contributed by atoms with Gasteiger partial charge in [0.15, 0.2) is 6.10 Å². The van der Waals surface area contributed by atoms with Crippen LogP contribution < -0.4 is 0 Å². The Balaban J connectivity index is 3.42. The third kappa shape index (κ3) is 74.8. The summed E-state index contributed by atoms with van der Waals surface area (Å²) in [6.45, 7) is 3.95. The van der Waals surface area contributed by atoms with Crippen LogP contribution in [0.25, 0.3) is 0 Å². The average Bonchev–Trinajstić information content (AvgIpc) is 3.54. The lowest BCUT2D eigenvalue weighted by molar-refractivity contribution is -0.161. The smallest absolute Gasteiger partial charge is 0.306 e. The maximum atomic E-state index is 12.4. The SMILES string of the molecule is CC/C=C\C/C=C\C/C=C\C/C=C\C/C=C\C/C=C\CCCCCCCCCCCCCCCCCCC(=O)OC(CO)COC(=O)CCCCCCCCCCCCCCCCCCCCCCCCCCCC/C=C\C/C=C\C/C=C\C/C=C\CC. The summed E-state index contributed by atoms with van der Waals surface area (Å²) >= 11 is 0. The highest BCUT2D eigenvalue weighted by Crippen LogP contribution is 2.19. The van der Waals surface area contributed by atoms with Gasteiger partial charge in [-0.25, -0.2) is 0 Å². The monoisotopic (exact) mass is 1220 g/mol. The van der Waals surface area contributed by atoms with Crippen molar-refractivity contribution < 1.29 is 24.2 Å². The zero-order chi connectivity index (χ0) is 63.3. The molecular formula is C83H144O5. The maximum absolute atomic E-state index is 12.4. The van der Waals surface area contributed by atoms with Gasteiger partial charge in [-0.3, -0.25) is 9.59 Å². The first-order valence-electron chi connectivity index (χ1n) is 38.1. The Bertz CT molecular complexity index is 1720. The molecule has 1 unspecified atom stereocenters. The van der Waals surface area contributed by atoms with Crippen molar-refractivity contribution in [3.05, 3.63) is 122 Å². The van der Waals surface area contributed by atoms with E-state index in [9.17, 15) is 14.7 Å². The molecule has 0 saturated carbocycles. The number of hydrogen-bond donors (Lipinski definition) is 1. The molecule has 0 spiro atoms.